The minimum absolute atomic E-state index is 0.149. The number of amides is 1. The Hall–Kier alpha value is -3.08. The lowest BCUT2D eigenvalue weighted by Crippen LogP contribution is -2.16. The summed E-state index contributed by atoms with van der Waals surface area (Å²) in [7, 11) is 1.67. The van der Waals surface area contributed by atoms with E-state index < -0.39 is 0 Å². The first-order valence-electron chi connectivity index (χ1n) is 8.70. The Balaban J connectivity index is 1.67. The van der Waals surface area contributed by atoms with Crippen LogP contribution in [0.3, 0.4) is 0 Å². The molecule has 2 N–H and O–H groups in total. The molecule has 1 aliphatic carbocycles. The molecule has 0 unspecified atom stereocenters. The monoisotopic (exact) mass is 347 g/mol. The fourth-order valence-electron chi connectivity index (χ4n) is 3.49. The van der Waals surface area contributed by atoms with Crippen LogP contribution in [0, 0.1) is 13.8 Å². The first-order valence-corrected chi connectivity index (χ1v) is 8.70. The standard InChI is InChI=1S/C21H21N3O2/c1-12-5-4-6-18(13(12)2)22-21(25)20-17-9-7-14-11-15(26-3)8-10-16(14)19(17)23-24-20/h4-6,8,10-11H,7,9H2,1-3H3,(H,22,25)(H,23,24). The van der Waals surface area contributed by atoms with Crippen LogP contribution >= 0.6 is 0 Å². The Morgan fingerprint density at radius 2 is 2.04 bits per heavy atom. The minimum atomic E-state index is -0.149. The highest BCUT2D eigenvalue weighted by molar-refractivity contribution is 6.05. The molecule has 0 saturated heterocycles. The van der Waals surface area contributed by atoms with Gasteiger partial charge in [0.15, 0.2) is 0 Å². The van der Waals surface area contributed by atoms with Crippen LogP contribution in [-0.2, 0) is 12.8 Å². The summed E-state index contributed by atoms with van der Waals surface area (Å²) in [5, 5.41) is 10.4. The van der Waals surface area contributed by atoms with Crippen molar-refractivity contribution in [1.29, 1.82) is 0 Å². The van der Waals surface area contributed by atoms with Gasteiger partial charge in [-0.05, 0) is 67.6 Å². The number of ether oxygens (including phenoxy) is 1. The third-order valence-electron chi connectivity index (χ3n) is 5.16. The van der Waals surface area contributed by atoms with Crippen molar-refractivity contribution >= 4 is 11.6 Å². The number of aryl methyl sites for hydroxylation is 2. The highest BCUT2D eigenvalue weighted by Crippen LogP contribution is 2.35. The van der Waals surface area contributed by atoms with Crippen molar-refractivity contribution in [2.45, 2.75) is 26.7 Å². The summed E-state index contributed by atoms with van der Waals surface area (Å²) >= 11 is 0. The van der Waals surface area contributed by atoms with E-state index in [2.05, 4.69) is 15.5 Å². The average molecular weight is 347 g/mol. The van der Waals surface area contributed by atoms with Gasteiger partial charge < -0.3 is 10.1 Å². The highest BCUT2D eigenvalue weighted by atomic mass is 16.5. The molecule has 1 heterocycles. The number of aromatic amines is 1. The van der Waals surface area contributed by atoms with E-state index in [0.29, 0.717) is 5.69 Å². The van der Waals surface area contributed by atoms with E-state index in [1.54, 1.807) is 7.11 Å². The summed E-state index contributed by atoms with van der Waals surface area (Å²) in [5.41, 5.74) is 7.70. The molecule has 1 aromatic heterocycles. The summed E-state index contributed by atoms with van der Waals surface area (Å²) in [5.74, 6) is 0.694. The molecule has 5 nitrogen and oxygen atoms in total. The number of carbonyl (C=O) groups is 1. The van der Waals surface area contributed by atoms with Crippen molar-refractivity contribution in [3.8, 4) is 17.0 Å². The first-order chi connectivity index (χ1) is 12.6. The van der Waals surface area contributed by atoms with E-state index in [-0.39, 0.29) is 5.91 Å². The molecule has 0 fully saturated rings. The van der Waals surface area contributed by atoms with Gasteiger partial charge in [-0.3, -0.25) is 9.89 Å². The summed E-state index contributed by atoms with van der Waals surface area (Å²) in [6.07, 6.45) is 1.64. The van der Waals surface area contributed by atoms with Crippen molar-refractivity contribution in [3.63, 3.8) is 0 Å². The molecule has 0 spiro atoms. The van der Waals surface area contributed by atoms with Gasteiger partial charge in [-0.1, -0.05) is 12.1 Å². The Kier molecular flexibility index (Phi) is 3.99. The Morgan fingerprint density at radius 1 is 1.19 bits per heavy atom. The van der Waals surface area contributed by atoms with Crippen molar-refractivity contribution in [1.82, 2.24) is 10.2 Å². The van der Waals surface area contributed by atoms with Crippen molar-refractivity contribution in [3.05, 3.63) is 64.3 Å². The number of H-pyrrole nitrogens is 1. The summed E-state index contributed by atoms with van der Waals surface area (Å²) in [6, 6.07) is 11.9. The zero-order valence-corrected chi connectivity index (χ0v) is 15.1. The van der Waals surface area contributed by atoms with Crippen LogP contribution in [0.25, 0.3) is 11.3 Å². The van der Waals surface area contributed by atoms with Crippen LogP contribution in [-0.4, -0.2) is 23.2 Å². The van der Waals surface area contributed by atoms with Gasteiger partial charge >= 0.3 is 0 Å². The molecule has 3 aromatic rings. The Bertz CT molecular complexity index is 1000. The quantitative estimate of drug-likeness (QED) is 0.751. The van der Waals surface area contributed by atoms with Crippen LogP contribution in [0.15, 0.2) is 36.4 Å². The number of hydrogen-bond acceptors (Lipinski definition) is 3. The number of hydrogen-bond donors (Lipinski definition) is 2. The minimum Gasteiger partial charge on any atom is -0.497 e. The molecule has 5 heteroatoms. The van der Waals surface area contributed by atoms with E-state index in [4.69, 9.17) is 4.74 Å². The molecule has 0 aliphatic heterocycles. The molecular weight excluding hydrogens is 326 g/mol. The number of benzene rings is 2. The lowest BCUT2D eigenvalue weighted by Gasteiger charge is -2.17. The lowest BCUT2D eigenvalue weighted by molar-refractivity contribution is 0.102. The molecule has 0 radical (unpaired) electrons. The normalized spacial score (nSPS) is 12.3. The molecule has 26 heavy (non-hydrogen) atoms. The van der Waals surface area contributed by atoms with E-state index in [0.717, 1.165) is 52.2 Å². The van der Waals surface area contributed by atoms with Gasteiger partial charge in [-0.25, -0.2) is 0 Å². The van der Waals surface area contributed by atoms with Gasteiger partial charge in [0, 0.05) is 16.8 Å². The van der Waals surface area contributed by atoms with Crippen LogP contribution in [0.5, 0.6) is 5.75 Å². The van der Waals surface area contributed by atoms with E-state index in [1.165, 1.54) is 5.56 Å². The zero-order chi connectivity index (χ0) is 18.3. The molecule has 1 aliphatic rings. The van der Waals surface area contributed by atoms with Crippen LogP contribution in [0.1, 0.15) is 32.7 Å². The summed E-state index contributed by atoms with van der Waals surface area (Å²) < 4.78 is 5.31. The number of fused-ring (bicyclic) bond motifs is 3. The van der Waals surface area contributed by atoms with Crippen LogP contribution < -0.4 is 10.1 Å². The molecule has 2 aromatic carbocycles. The number of methoxy groups -OCH3 is 1. The Labute approximate surface area is 152 Å². The molecule has 0 atom stereocenters. The smallest absolute Gasteiger partial charge is 0.273 e. The van der Waals surface area contributed by atoms with Gasteiger partial charge in [0.2, 0.25) is 0 Å². The fourth-order valence-corrected chi connectivity index (χ4v) is 3.49. The van der Waals surface area contributed by atoms with Crippen molar-refractivity contribution in [2.24, 2.45) is 0 Å². The number of carbonyl (C=O) groups excluding carboxylic acids is 1. The van der Waals surface area contributed by atoms with Crippen LogP contribution in [0.4, 0.5) is 5.69 Å². The third-order valence-corrected chi connectivity index (χ3v) is 5.16. The third kappa shape index (κ3) is 2.65. The van der Waals surface area contributed by atoms with Gasteiger partial charge in [0.05, 0.1) is 12.8 Å². The van der Waals surface area contributed by atoms with Gasteiger partial charge in [0.25, 0.3) is 5.91 Å². The number of rotatable bonds is 3. The largest absolute Gasteiger partial charge is 0.497 e. The Morgan fingerprint density at radius 3 is 2.85 bits per heavy atom. The predicted molar refractivity (Wildman–Crippen MR) is 102 cm³/mol. The SMILES string of the molecule is COc1ccc2c(c1)CCc1c-2n[nH]c1C(=O)Nc1cccc(C)c1C. The van der Waals surface area contributed by atoms with Crippen molar-refractivity contribution in [2.75, 3.05) is 12.4 Å². The molecule has 0 bridgehead atoms. The number of nitrogens with zero attached hydrogens (tertiary/aromatic N) is 1. The van der Waals surface area contributed by atoms with Gasteiger partial charge in [-0.15, -0.1) is 0 Å². The molecule has 4 rings (SSSR count). The maximum atomic E-state index is 12.8. The topological polar surface area (TPSA) is 67.0 Å². The summed E-state index contributed by atoms with van der Waals surface area (Å²) in [4.78, 5) is 12.8. The fraction of sp³-hybridized carbons (Fsp3) is 0.238. The van der Waals surface area contributed by atoms with E-state index in [1.807, 2.05) is 50.2 Å². The second-order valence-corrected chi connectivity index (χ2v) is 6.65. The zero-order valence-electron chi connectivity index (χ0n) is 15.1. The number of anilines is 1. The summed E-state index contributed by atoms with van der Waals surface area (Å²) in [6.45, 7) is 4.05. The maximum Gasteiger partial charge on any atom is 0.273 e. The predicted octanol–water partition coefficient (Wildman–Crippen LogP) is 4.05. The van der Waals surface area contributed by atoms with E-state index >= 15 is 0 Å². The first kappa shape index (κ1) is 16.4. The van der Waals surface area contributed by atoms with Gasteiger partial charge in [0.1, 0.15) is 11.4 Å². The maximum absolute atomic E-state index is 12.8. The molecule has 1 amide bonds. The van der Waals surface area contributed by atoms with Gasteiger partial charge in [-0.2, -0.15) is 5.10 Å². The second-order valence-electron chi connectivity index (χ2n) is 6.65. The van der Waals surface area contributed by atoms with Crippen molar-refractivity contribution < 1.29 is 9.53 Å². The molecule has 132 valence electrons. The van der Waals surface area contributed by atoms with E-state index in [9.17, 15) is 4.79 Å². The molecular formula is C21H21N3O2. The highest BCUT2D eigenvalue weighted by Gasteiger charge is 2.25. The number of aromatic nitrogens is 2. The number of nitrogens with one attached hydrogen (secondary N) is 2. The average Bonchev–Trinajstić information content (AvgIpc) is 3.09. The lowest BCUT2D eigenvalue weighted by atomic mass is 9.88. The second kappa shape index (κ2) is 6.33. The molecule has 0 saturated carbocycles. The van der Waals surface area contributed by atoms with Crippen LogP contribution in [0.2, 0.25) is 0 Å².